The number of sulfonamides is 1. The molecule has 2 amide bonds. The molecular weight excluding hydrogens is 493 g/mol. The second-order valence-electron chi connectivity index (χ2n) is 10.1. The number of nitrogens with one attached hydrogen (secondary N) is 3. The lowest BCUT2D eigenvalue weighted by Crippen LogP contribution is -2.37. The first kappa shape index (κ1) is 28.5. The number of hydrogen-bond acceptors (Lipinski definition) is 4. The molecule has 3 N–H and O–H groups in total. The van der Waals surface area contributed by atoms with Crippen LogP contribution in [0.4, 0.5) is 10.1 Å². The number of carbonyl (C=O) groups is 2. The largest absolute Gasteiger partial charge is 0.352 e. The lowest BCUT2D eigenvalue weighted by atomic mass is 9.70. The van der Waals surface area contributed by atoms with E-state index in [0.717, 1.165) is 17.6 Å². The smallest absolute Gasteiger partial charge is 0.240 e. The number of halogens is 1. The zero-order valence-corrected chi connectivity index (χ0v) is 22.6. The van der Waals surface area contributed by atoms with Crippen molar-refractivity contribution in [2.45, 2.75) is 52.0 Å². The maximum absolute atomic E-state index is 13.1. The van der Waals surface area contributed by atoms with E-state index < -0.39 is 10.0 Å². The summed E-state index contributed by atoms with van der Waals surface area (Å²) in [6.45, 7) is 8.23. The normalized spacial score (nSPS) is 19.8. The minimum absolute atomic E-state index is 0.00644. The summed E-state index contributed by atoms with van der Waals surface area (Å²) >= 11 is 0. The minimum atomic E-state index is -3.72. The van der Waals surface area contributed by atoms with Gasteiger partial charge in [-0.1, -0.05) is 37.6 Å². The van der Waals surface area contributed by atoms with Crippen molar-refractivity contribution in [3.63, 3.8) is 0 Å². The molecule has 0 saturated carbocycles. The van der Waals surface area contributed by atoms with Crippen molar-refractivity contribution in [3.8, 4) is 0 Å². The highest BCUT2D eigenvalue weighted by atomic mass is 32.2. The van der Waals surface area contributed by atoms with Crippen molar-refractivity contribution in [3.05, 3.63) is 71.6 Å². The van der Waals surface area contributed by atoms with Crippen LogP contribution in [0.15, 0.2) is 65.1 Å². The predicted molar refractivity (Wildman–Crippen MR) is 142 cm³/mol. The number of allylic oxidation sites excluding steroid dienone is 1. The number of carbonyl (C=O) groups excluding carboxylic acids is 2. The van der Waals surface area contributed by atoms with Crippen molar-refractivity contribution >= 4 is 27.5 Å². The molecule has 2 aromatic rings. The second kappa shape index (κ2) is 12.5. The van der Waals surface area contributed by atoms with Gasteiger partial charge in [0, 0.05) is 32.1 Å². The third-order valence-electron chi connectivity index (χ3n) is 6.91. The molecule has 7 nitrogen and oxygen atoms in total. The van der Waals surface area contributed by atoms with Crippen LogP contribution in [0.2, 0.25) is 0 Å². The van der Waals surface area contributed by atoms with Crippen molar-refractivity contribution in [2.75, 3.05) is 11.9 Å². The maximum Gasteiger partial charge on any atom is 0.240 e. The first-order valence-electron chi connectivity index (χ1n) is 12.5. The Kier molecular flexibility index (Phi) is 9.62. The van der Waals surface area contributed by atoms with Gasteiger partial charge >= 0.3 is 0 Å². The molecule has 9 heteroatoms. The number of amides is 2. The highest BCUT2D eigenvalue weighted by Gasteiger charge is 2.33. The Bertz CT molecular complexity index is 1230. The van der Waals surface area contributed by atoms with E-state index in [2.05, 4.69) is 35.3 Å². The molecule has 2 aromatic carbocycles. The third-order valence-corrected chi connectivity index (χ3v) is 8.35. The molecule has 200 valence electrons. The van der Waals surface area contributed by atoms with Crippen LogP contribution in [0.1, 0.15) is 46.1 Å². The maximum atomic E-state index is 13.1. The Morgan fingerprint density at radius 3 is 2.30 bits per heavy atom. The van der Waals surface area contributed by atoms with Crippen molar-refractivity contribution < 1.29 is 22.4 Å². The molecule has 1 aliphatic rings. The molecule has 0 bridgehead atoms. The zero-order chi connectivity index (χ0) is 27.2. The third kappa shape index (κ3) is 8.23. The summed E-state index contributed by atoms with van der Waals surface area (Å²) in [6, 6.07) is 12.1. The molecule has 0 saturated heterocycles. The predicted octanol–water partition coefficient (Wildman–Crippen LogP) is 4.62. The van der Waals surface area contributed by atoms with Gasteiger partial charge in [0.05, 0.1) is 4.90 Å². The van der Waals surface area contributed by atoms with Crippen LogP contribution in [0.5, 0.6) is 0 Å². The van der Waals surface area contributed by atoms with Crippen molar-refractivity contribution in [1.29, 1.82) is 0 Å². The summed E-state index contributed by atoms with van der Waals surface area (Å²) in [5.41, 5.74) is 2.45. The summed E-state index contributed by atoms with van der Waals surface area (Å²) in [5.74, 6) is 0.00303. The van der Waals surface area contributed by atoms with Gasteiger partial charge in [-0.15, -0.1) is 0 Å². The minimum Gasteiger partial charge on any atom is -0.352 e. The van der Waals surface area contributed by atoms with Crippen LogP contribution in [-0.2, 0) is 26.2 Å². The fourth-order valence-electron chi connectivity index (χ4n) is 4.82. The van der Waals surface area contributed by atoms with E-state index >= 15 is 0 Å². The summed E-state index contributed by atoms with van der Waals surface area (Å²) in [7, 11) is -3.72. The highest BCUT2D eigenvalue weighted by Crippen LogP contribution is 2.38. The Balaban J connectivity index is 1.61. The lowest BCUT2D eigenvalue weighted by molar-refractivity contribution is -0.122. The van der Waals surface area contributed by atoms with Crippen LogP contribution < -0.4 is 15.4 Å². The molecule has 0 aliphatic heterocycles. The van der Waals surface area contributed by atoms with Crippen molar-refractivity contribution in [2.24, 2.45) is 23.7 Å². The van der Waals surface area contributed by atoms with Gasteiger partial charge in [0.25, 0.3) is 0 Å². The standard InChI is InChI=1S/C28H36FN3O4S/c1-18(2)27-14-22(15-28(34)30-16-21-5-7-24(29)8-6-21)19(3)13-23(27)17-31-37(35,36)26-11-9-25(10-12-26)32-20(4)33/h5-13,18,22-23,27,31H,14-17H2,1-4H3,(H,30,34)(H,32,33)/t22-,23-,27-/m0/s1. The van der Waals surface area contributed by atoms with Gasteiger partial charge in [0.15, 0.2) is 0 Å². The van der Waals surface area contributed by atoms with Crippen molar-refractivity contribution in [1.82, 2.24) is 10.0 Å². The van der Waals surface area contributed by atoms with E-state index in [9.17, 15) is 22.4 Å². The molecule has 3 rings (SSSR count). The second-order valence-corrected chi connectivity index (χ2v) is 11.8. The van der Waals surface area contributed by atoms with E-state index in [1.807, 2.05) is 6.92 Å². The highest BCUT2D eigenvalue weighted by molar-refractivity contribution is 7.89. The number of anilines is 1. The van der Waals surface area contributed by atoms with Gasteiger partial charge in [-0.25, -0.2) is 17.5 Å². The first-order chi connectivity index (χ1) is 17.4. The fraction of sp³-hybridized carbons (Fsp3) is 0.429. The van der Waals surface area contributed by atoms with E-state index in [1.54, 1.807) is 24.3 Å². The van der Waals surface area contributed by atoms with Gasteiger partial charge in [-0.05, 0) is 79.0 Å². The molecule has 0 aromatic heterocycles. The lowest BCUT2D eigenvalue weighted by Gasteiger charge is -2.37. The van der Waals surface area contributed by atoms with Crippen LogP contribution in [0.3, 0.4) is 0 Å². The molecule has 37 heavy (non-hydrogen) atoms. The molecule has 0 heterocycles. The summed E-state index contributed by atoms with van der Waals surface area (Å²) < 4.78 is 41.6. The molecule has 0 unspecified atom stereocenters. The SMILES string of the molecule is CC(=O)Nc1ccc(S(=O)(=O)NC[C@@H]2C=C(C)[C@H](CC(=O)NCc3ccc(F)cc3)C[C@H]2C(C)C)cc1. The van der Waals surface area contributed by atoms with E-state index in [0.29, 0.717) is 24.6 Å². The van der Waals surface area contributed by atoms with Gasteiger partial charge in [0.2, 0.25) is 21.8 Å². The first-order valence-corrected chi connectivity index (χ1v) is 14.0. The van der Waals surface area contributed by atoms with Crippen LogP contribution in [0.25, 0.3) is 0 Å². The Morgan fingerprint density at radius 2 is 1.70 bits per heavy atom. The molecular formula is C28H36FN3O4S. The topological polar surface area (TPSA) is 104 Å². The zero-order valence-electron chi connectivity index (χ0n) is 21.8. The number of rotatable bonds is 10. The Hall–Kier alpha value is -3.04. The summed E-state index contributed by atoms with van der Waals surface area (Å²) in [5, 5.41) is 5.54. The molecule has 1 aliphatic carbocycles. The number of benzene rings is 2. The molecule has 3 atom stereocenters. The van der Waals surface area contributed by atoms with Gasteiger partial charge in [-0.2, -0.15) is 0 Å². The Labute approximate surface area is 219 Å². The average Bonchev–Trinajstić information content (AvgIpc) is 2.83. The van der Waals surface area contributed by atoms with E-state index in [1.165, 1.54) is 31.2 Å². The Morgan fingerprint density at radius 1 is 1.05 bits per heavy atom. The summed E-state index contributed by atoms with van der Waals surface area (Å²) in [6.07, 6.45) is 3.25. The van der Waals surface area contributed by atoms with Crippen LogP contribution >= 0.6 is 0 Å². The summed E-state index contributed by atoms with van der Waals surface area (Å²) in [4.78, 5) is 23.9. The molecule has 0 radical (unpaired) electrons. The van der Waals surface area contributed by atoms with Crippen LogP contribution in [0, 0.1) is 29.5 Å². The monoisotopic (exact) mass is 529 g/mol. The van der Waals surface area contributed by atoms with E-state index in [4.69, 9.17) is 0 Å². The quantitative estimate of drug-likeness (QED) is 0.391. The fourth-order valence-corrected chi connectivity index (χ4v) is 5.89. The average molecular weight is 530 g/mol. The van der Waals surface area contributed by atoms with Gasteiger partial charge in [0.1, 0.15) is 5.82 Å². The number of hydrogen-bond donors (Lipinski definition) is 3. The molecule has 0 fully saturated rings. The van der Waals surface area contributed by atoms with E-state index in [-0.39, 0.29) is 46.8 Å². The van der Waals surface area contributed by atoms with Gasteiger partial charge in [-0.3, -0.25) is 9.59 Å². The van der Waals surface area contributed by atoms with Gasteiger partial charge < -0.3 is 10.6 Å². The van der Waals surface area contributed by atoms with Crippen LogP contribution in [-0.4, -0.2) is 26.8 Å². The molecule has 0 spiro atoms.